The summed E-state index contributed by atoms with van der Waals surface area (Å²) in [5, 5.41) is 8.85. The lowest BCUT2D eigenvalue weighted by atomic mass is 9.95. The highest BCUT2D eigenvalue weighted by Crippen LogP contribution is 2.21. The third-order valence-corrected chi connectivity index (χ3v) is 4.48. The molecule has 1 saturated heterocycles. The number of piperidine rings is 1. The van der Waals surface area contributed by atoms with Crippen molar-refractivity contribution in [2.75, 3.05) is 25.4 Å². The molecule has 0 bridgehead atoms. The standard InChI is InChI=1S/C15H21NO2S/c17-15(18)11-13-5-4-8-16(12-13)9-10-19-14-6-2-1-3-7-14/h1-3,6-7,13H,4-5,8-12H2,(H,17,18). The Hall–Kier alpha value is -1.00. The van der Waals surface area contributed by atoms with Crippen molar-refractivity contribution < 1.29 is 9.90 Å². The first-order valence-corrected chi connectivity index (χ1v) is 7.84. The van der Waals surface area contributed by atoms with Crippen LogP contribution in [-0.4, -0.2) is 41.4 Å². The van der Waals surface area contributed by atoms with Gasteiger partial charge in [0, 0.05) is 30.2 Å². The molecule has 0 saturated carbocycles. The number of aliphatic carboxylic acids is 1. The first kappa shape index (κ1) is 14.4. The summed E-state index contributed by atoms with van der Waals surface area (Å²) in [6.07, 6.45) is 2.52. The molecule has 3 nitrogen and oxygen atoms in total. The quantitative estimate of drug-likeness (QED) is 0.813. The molecule has 1 atom stereocenters. The van der Waals surface area contributed by atoms with Gasteiger partial charge in [0.05, 0.1) is 0 Å². The van der Waals surface area contributed by atoms with Crippen LogP contribution in [0.25, 0.3) is 0 Å². The summed E-state index contributed by atoms with van der Waals surface area (Å²) in [4.78, 5) is 14.5. The van der Waals surface area contributed by atoms with Crippen LogP contribution in [-0.2, 0) is 4.79 Å². The number of nitrogens with zero attached hydrogens (tertiary/aromatic N) is 1. The van der Waals surface area contributed by atoms with Gasteiger partial charge in [-0.15, -0.1) is 11.8 Å². The molecule has 1 aromatic rings. The van der Waals surface area contributed by atoms with Gasteiger partial charge in [-0.3, -0.25) is 4.79 Å². The summed E-state index contributed by atoms with van der Waals surface area (Å²) >= 11 is 1.87. The molecule has 1 heterocycles. The van der Waals surface area contributed by atoms with Crippen molar-refractivity contribution in [2.24, 2.45) is 5.92 Å². The number of benzene rings is 1. The lowest BCUT2D eigenvalue weighted by Gasteiger charge is -2.31. The van der Waals surface area contributed by atoms with Gasteiger partial charge < -0.3 is 10.0 Å². The minimum Gasteiger partial charge on any atom is -0.481 e. The van der Waals surface area contributed by atoms with Crippen molar-refractivity contribution in [3.8, 4) is 0 Å². The lowest BCUT2D eigenvalue weighted by Crippen LogP contribution is -2.37. The summed E-state index contributed by atoms with van der Waals surface area (Å²) < 4.78 is 0. The minimum absolute atomic E-state index is 0.322. The second-order valence-electron chi connectivity index (χ2n) is 5.07. The van der Waals surface area contributed by atoms with E-state index >= 15 is 0 Å². The van der Waals surface area contributed by atoms with Crippen LogP contribution < -0.4 is 0 Å². The predicted octanol–water partition coefficient (Wildman–Crippen LogP) is 2.97. The maximum atomic E-state index is 10.8. The summed E-state index contributed by atoms with van der Waals surface area (Å²) in [5.74, 6) is 0.752. The van der Waals surface area contributed by atoms with E-state index in [1.165, 1.54) is 4.90 Å². The maximum Gasteiger partial charge on any atom is 0.303 e. The first-order valence-electron chi connectivity index (χ1n) is 6.86. The van der Waals surface area contributed by atoms with Gasteiger partial charge in [-0.05, 0) is 37.4 Å². The normalized spacial score (nSPS) is 20.3. The largest absolute Gasteiger partial charge is 0.481 e. The third-order valence-electron chi connectivity index (χ3n) is 3.49. The van der Waals surface area contributed by atoms with Crippen molar-refractivity contribution in [2.45, 2.75) is 24.2 Å². The van der Waals surface area contributed by atoms with Crippen LogP contribution in [0.5, 0.6) is 0 Å². The van der Waals surface area contributed by atoms with Crippen molar-refractivity contribution in [3.63, 3.8) is 0 Å². The molecule has 0 aromatic heterocycles. The highest BCUT2D eigenvalue weighted by molar-refractivity contribution is 7.99. The fraction of sp³-hybridized carbons (Fsp3) is 0.533. The van der Waals surface area contributed by atoms with Gasteiger partial charge in [0.2, 0.25) is 0 Å². The lowest BCUT2D eigenvalue weighted by molar-refractivity contribution is -0.138. The Kier molecular flexibility index (Phi) is 5.73. The van der Waals surface area contributed by atoms with Crippen molar-refractivity contribution in [3.05, 3.63) is 30.3 Å². The molecule has 1 N–H and O–H groups in total. The molecule has 2 rings (SSSR count). The van der Waals surface area contributed by atoms with E-state index in [9.17, 15) is 4.79 Å². The number of thioether (sulfide) groups is 1. The van der Waals surface area contributed by atoms with Crippen molar-refractivity contribution in [1.29, 1.82) is 0 Å². The summed E-state index contributed by atoms with van der Waals surface area (Å²) in [7, 11) is 0. The zero-order valence-electron chi connectivity index (χ0n) is 11.1. The smallest absolute Gasteiger partial charge is 0.303 e. The zero-order valence-corrected chi connectivity index (χ0v) is 11.9. The van der Waals surface area contributed by atoms with E-state index in [0.717, 1.165) is 38.2 Å². The molecule has 1 aliphatic rings. The van der Waals surface area contributed by atoms with Crippen LogP contribution >= 0.6 is 11.8 Å². The van der Waals surface area contributed by atoms with Crippen LogP contribution in [0.2, 0.25) is 0 Å². The number of carboxylic acids is 1. The van der Waals surface area contributed by atoms with Crippen LogP contribution in [0.15, 0.2) is 35.2 Å². The molecule has 0 radical (unpaired) electrons. The number of carbonyl (C=O) groups is 1. The van der Waals surface area contributed by atoms with E-state index < -0.39 is 5.97 Å². The molecule has 0 aliphatic carbocycles. The number of likely N-dealkylation sites (tertiary alicyclic amines) is 1. The Morgan fingerprint density at radius 2 is 2.16 bits per heavy atom. The van der Waals surface area contributed by atoms with E-state index in [1.807, 2.05) is 17.8 Å². The molecule has 104 valence electrons. The van der Waals surface area contributed by atoms with Crippen LogP contribution in [0, 0.1) is 5.92 Å². The van der Waals surface area contributed by atoms with Gasteiger partial charge >= 0.3 is 5.97 Å². The summed E-state index contributed by atoms with van der Waals surface area (Å²) in [6.45, 7) is 3.11. The molecule has 1 fully saturated rings. The second kappa shape index (κ2) is 7.56. The zero-order chi connectivity index (χ0) is 13.5. The van der Waals surface area contributed by atoms with Gasteiger partial charge in [0.25, 0.3) is 0 Å². The van der Waals surface area contributed by atoms with E-state index in [0.29, 0.717) is 12.3 Å². The summed E-state index contributed by atoms with van der Waals surface area (Å²) in [5.41, 5.74) is 0. The fourth-order valence-electron chi connectivity index (χ4n) is 2.58. The minimum atomic E-state index is -0.662. The van der Waals surface area contributed by atoms with E-state index in [1.54, 1.807) is 0 Å². The van der Waals surface area contributed by atoms with Crippen molar-refractivity contribution in [1.82, 2.24) is 4.90 Å². The van der Waals surface area contributed by atoms with Crippen LogP contribution in [0.3, 0.4) is 0 Å². The van der Waals surface area contributed by atoms with Gasteiger partial charge in [-0.25, -0.2) is 0 Å². The first-order chi connectivity index (χ1) is 9.24. The van der Waals surface area contributed by atoms with Gasteiger partial charge in [0.1, 0.15) is 0 Å². The van der Waals surface area contributed by atoms with Crippen LogP contribution in [0.1, 0.15) is 19.3 Å². The summed E-state index contributed by atoms with van der Waals surface area (Å²) in [6, 6.07) is 10.4. The Labute approximate surface area is 119 Å². The highest BCUT2D eigenvalue weighted by Gasteiger charge is 2.21. The van der Waals surface area contributed by atoms with Crippen molar-refractivity contribution >= 4 is 17.7 Å². The Bertz CT molecular complexity index is 396. The number of rotatable bonds is 6. The average Bonchev–Trinajstić information content (AvgIpc) is 2.40. The van der Waals surface area contributed by atoms with E-state index in [-0.39, 0.29) is 0 Å². The molecule has 1 unspecified atom stereocenters. The second-order valence-corrected chi connectivity index (χ2v) is 6.24. The number of hydrogen-bond donors (Lipinski definition) is 1. The topological polar surface area (TPSA) is 40.5 Å². The van der Waals surface area contributed by atoms with E-state index in [2.05, 4.69) is 29.2 Å². The van der Waals surface area contributed by atoms with Gasteiger partial charge in [-0.1, -0.05) is 18.2 Å². The van der Waals surface area contributed by atoms with Crippen LogP contribution in [0.4, 0.5) is 0 Å². The number of carboxylic acid groups (broad SMARTS) is 1. The highest BCUT2D eigenvalue weighted by atomic mass is 32.2. The molecule has 1 aromatic carbocycles. The monoisotopic (exact) mass is 279 g/mol. The third kappa shape index (κ3) is 5.25. The number of hydrogen-bond acceptors (Lipinski definition) is 3. The molecular formula is C15H21NO2S. The molecule has 4 heteroatoms. The maximum absolute atomic E-state index is 10.8. The predicted molar refractivity (Wildman–Crippen MR) is 78.6 cm³/mol. The average molecular weight is 279 g/mol. The Morgan fingerprint density at radius 1 is 1.37 bits per heavy atom. The Balaban J connectivity index is 1.69. The molecule has 19 heavy (non-hydrogen) atoms. The van der Waals surface area contributed by atoms with Gasteiger partial charge in [-0.2, -0.15) is 0 Å². The molecule has 0 amide bonds. The SMILES string of the molecule is O=C(O)CC1CCCN(CCSc2ccccc2)C1. The fourth-order valence-corrected chi connectivity index (χ4v) is 3.51. The van der Waals surface area contributed by atoms with E-state index in [4.69, 9.17) is 5.11 Å². The molecule has 0 spiro atoms. The Morgan fingerprint density at radius 3 is 2.89 bits per heavy atom. The molecule has 1 aliphatic heterocycles. The van der Waals surface area contributed by atoms with Gasteiger partial charge in [0.15, 0.2) is 0 Å². The molecular weight excluding hydrogens is 258 g/mol.